The molecule has 0 aliphatic rings. The van der Waals surface area contributed by atoms with Gasteiger partial charge in [-0.3, -0.25) is 4.79 Å². The zero-order valence-corrected chi connectivity index (χ0v) is 15.2. The maximum atomic E-state index is 12.7. The topological polar surface area (TPSA) is 68.9 Å². The van der Waals surface area contributed by atoms with Crippen molar-refractivity contribution in [3.8, 4) is 28.4 Å². The third kappa shape index (κ3) is 3.64. The number of fused-ring (bicyclic) bond motifs is 1. The van der Waals surface area contributed by atoms with Crippen molar-refractivity contribution in [3.05, 3.63) is 52.9 Å². The predicted octanol–water partition coefficient (Wildman–Crippen LogP) is 4.34. The summed E-state index contributed by atoms with van der Waals surface area (Å²) in [6.45, 7) is 0.623. The van der Waals surface area contributed by atoms with Gasteiger partial charge in [-0.2, -0.15) is 0 Å². The van der Waals surface area contributed by atoms with Crippen molar-refractivity contribution in [3.63, 3.8) is 0 Å². The summed E-state index contributed by atoms with van der Waals surface area (Å²) >= 11 is 3.35. The molecule has 0 saturated heterocycles. The first-order valence-corrected chi connectivity index (χ1v) is 8.88. The van der Waals surface area contributed by atoms with Gasteiger partial charge >= 0.3 is 0 Å². The number of methoxy groups -OCH3 is 1. The minimum atomic E-state index is -0.297. The van der Waals surface area contributed by atoms with Gasteiger partial charge in [-0.1, -0.05) is 28.1 Å². The highest BCUT2D eigenvalue weighted by Gasteiger charge is 2.14. The van der Waals surface area contributed by atoms with Crippen molar-refractivity contribution in [2.24, 2.45) is 0 Å². The number of hydrogen-bond acceptors (Lipinski definition) is 5. The quantitative estimate of drug-likeness (QED) is 0.488. The van der Waals surface area contributed by atoms with Crippen LogP contribution in [-0.2, 0) is 0 Å². The standard InChI is InChI=1S/C19H17BrO5/c1-23-14-9-16(21)18-17(10-14)25-11-15(19(18)22)12-3-5-13(6-4-12)24-8-2-7-20/h3-6,9-11,21H,2,7-8H2,1H3. The molecule has 0 amide bonds. The Balaban J connectivity index is 1.97. The third-order valence-electron chi connectivity index (χ3n) is 3.78. The molecule has 25 heavy (non-hydrogen) atoms. The van der Waals surface area contributed by atoms with Crippen LogP contribution >= 0.6 is 15.9 Å². The smallest absolute Gasteiger partial charge is 0.204 e. The van der Waals surface area contributed by atoms with Crippen LogP contribution in [0.4, 0.5) is 0 Å². The second kappa shape index (κ2) is 7.61. The molecular weight excluding hydrogens is 388 g/mol. The van der Waals surface area contributed by atoms with Crippen molar-refractivity contribution in [2.45, 2.75) is 6.42 Å². The van der Waals surface area contributed by atoms with E-state index in [1.54, 1.807) is 30.3 Å². The first-order chi connectivity index (χ1) is 12.1. The number of hydrogen-bond donors (Lipinski definition) is 1. The van der Waals surface area contributed by atoms with Crippen molar-refractivity contribution in [2.75, 3.05) is 19.0 Å². The third-order valence-corrected chi connectivity index (χ3v) is 4.34. The van der Waals surface area contributed by atoms with E-state index in [1.807, 2.05) is 0 Å². The Kier molecular flexibility index (Phi) is 5.28. The van der Waals surface area contributed by atoms with Crippen molar-refractivity contribution >= 4 is 26.9 Å². The number of ether oxygens (including phenoxy) is 2. The molecule has 130 valence electrons. The maximum Gasteiger partial charge on any atom is 0.204 e. The number of benzene rings is 2. The van der Waals surface area contributed by atoms with Crippen LogP contribution < -0.4 is 14.9 Å². The molecule has 0 unspecified atom stereocenters. The van der Waals surface area contributed by atoms with E-state index in [4.69, 9.17) is 13.9 Å². The highest BCUT2D eigenvalue weighted by molar-refractivity contribution is 9.09. The number of alkyl halides is 1. The van der Waals surface area contributed by atoms with Crippen LogP contribution in [0.2, 0.25) is 0 Å². The first kappa shape index (κ1) is 17.4. The molecule has 3 aromatic rings. The van der Waals surface area contributed by atoms with Crippen LogP contribution in [-0.4, -0.2) is 24.2 Å². The van der Waals surface area contributed by atoms with Crippen LogP contribution in [0.5, 0.6) is 17.2 Å². The van der Waals surface area contributed by atoms with Crippen molar-refractivity contribution < 1.29 is 19.0 Å². The van der Waals surface area contributed by atoms with Crippen molar-refractivity contribution in [1.29, 1.82) is 0 Å². The second-order valence-corrected chi connectivity index (χ2v) is 6.21. The molecule has 0 aliphatic carbocycles. The Morgan fingerprint density at radius 1 is 1.16 bits per heavy atom. The number of phenolic OH excluding ortho intramolecular Hbond substituents is 1. The zero-order valence-electron chi connectivity index (χ0n) is 13.6. The summed E-state index contributed by atoms with van der Waals surface area (Å²) in [5.74, 6) is 0.994. The molecule has 1 N–H and O–H groups in total. The minimum absolute atomic E-state index is 0.135. The zero-order chi connectivity index (χ0) is 17.8. The van der Waals surface area contributed by atoms with Gasteiger partial charge in [0.2, 0.25) is 5.43 Å². The molecule has 2 aromatic carbocycles. The molecule has 1 aromatic heterocycles. The summed E-state index contributed by atoms with van der Waals surface area (Å²) < 4.78 is 16.2. The largest absolute Gasteiger partial charge is 0.507 e. The fourth-order valence-electron chi connectivity index (χ4n) is 2.50. The van der Waals surface area contributed by atoms with E-state index in [-0.39, 0.29) is 22.1 Å². The molecule has 0 spiro atoms. The van der Waals surface area contributed by atoms with E-state index in [0.717, 1.165) is 17.5 Å². The maximum absolute atomic E-state index is 12.7. The highest BCUT2D eigenvalue weighted by atomic mass is 79.9. The SMILES string of the molecule is COc1cc(O)c2c(=O)c(-c3ccc(OCCCBr)cc3)coc2c1. The fourth-order valence-corrected chi connectivity index (χ4v) is 2.73. The molecule has 1 heterocycles. The normalized spacial score (nSPS) is 10.8. The molecule has 0 fully saturated rings. The lowest BCUT2D eigenvalue weighted by Gasteiger charge is -2.08. The van der Waals surface area contributed by atoms with Crippen LogP contribution in [0.15, 0.2) is 51.9 Å². The van der Waals surface area contributed by atoms with Gasteiger partial charge in [-0.05, 0) is 24.1 Å². The minimum Gasteiger partial charge on any atom is -0.507 e. The average Bonchev–Trinajstić information content (AvgIpc) is 2.62. The Hall–Kier alpha value is -2.47. The summed E-state index contributed by atoms with van der Waals surface area (Å²) in [6, 6.07) is 10.2. The van der Waals surface area contributed by atoms with Crippen molar-refractivity contribution in [1.82, 2.24) is 0 Å². The van der Waals surface area contributed by atoms with Gasteiger partial charge in [-0.25, -0.2) is 0 Å². The lowest BCUT2D eigenvalue weighted by atomic mass is 10.0. The molecule has 6 heteroatoms. The average molecular weight is 405 g/mol. The Bertz CT molecular complexity index is 931. The van der Waals surface area contributed by atoms with Crippen LogP contribution in [0.1, 0.15) is 6.42 Å². The van der Waals surface area contributed by atoms with Gasteiger partial charge in [0.1, 0.15) is 34.5 Å². The molecule has 3 rings (SSSR count). The predicted molar refractivity (Wildman–Crippen MR) is 100 cm³/mol. The number of rotatable bonds is 6. The highest BCUT2D eigenvalue weighted by Crippen LogP contribution is 2.30. The monoisotopic (exact) mass is 404 g/mol. The first-order valence-electron chi connectivity index (χ1n) is 7.75. The molecule has 5 nitrogen and oxygen atoms in total. The summed E-state index contributed by atoms with van der Waals surface area (Å²) in [5, 5.41) is 11.2. The fraction of sp³-hybridized carbons (Fsp3) is 0.211. The molecular formula is C19H17BrO5. The molecule has 0 aliphatic heterocycles. The molecule has 0 bridgehead atoms. The summed E-state index contributed by atoms with van der Waals surface area (Å²) in [7, 11) is 1.48. The second-order valence-electron chi connectivity index (χ2n) is 5.41. The Labute approximate surface area is 152 Å². The molecule has 0 atom stereocenters. The van der Waals surface area contributed by atoms with Gasteiger partial charge in [0.15, 0.2) is 0 Å². The Morgan fingerprint density at radius 3 is 2.60 bits per heavy atom. The van der Waals surface area contributed by atoms with E-state index < -0.39 is 0 Å². The lowest BCUT2D eigenvalue weighted by Crippen LogP contribution is -2.05. The van der Waals surface area contributed by atoms with E-state index in [1.165, 1.54) is 19.4 Å². The number of aromatic hydroxyl groups is 1. The van der Waals surface area contributed by atoms with Gasteiger partial charge in [0.05, 0.1) is 19.3 Å². The summed E-state index contributed by atoms with van der Waals surface area (Å²) in [5.41, 5.74) is 1.05. The number of halogens is 1. The van der Waals surface area contributed by atoms with Gasteiger partial charge < -0.3 is 19.0 Å². The van der Waals surface area contributed by atoms with Crippen LogP contribution in [0.25, 0.3) is 22.1 Å². The van der Waals surface area contributed by atoms with Gasteiger partial charge in [0.25, 0.3) is 0 Å². The van der Waals surface area contributed by atoms with E-state index in [0.29, 0.717) is 23.5 Å². The van der Waals surface area contributed by atoms with Crippen LogP contribution in [0, 0.1) is 0 Å². The van der Waals surface area contributed by atoms with E-state index in [9.17, 15) is 9.90 Å². The molecule has 0 saturated carbocycles. The lowest BCUT2D eigenvalue weighted by molar-refractivity contribution is 0.319. The summed E-state index contributed by atoms with van der Waals surface area (Å²) in [4.78, 5) is 12.7. The van der Waals surface area contributed by atoms with E-state index >= 15 is 0 Å². The van der Waals surface area contributed by atoms with E-state index in [2.05, 4.69) is 15.9 Å². The number of phenols is 1. The van der Waals surface area contributed by atoms with Crippen LogP contribution in [0.3, 0.4) is 0 Å². The summed E-state index contributed by atoms with van der Waals surface area (Å²) in [6.07, 6.45) is 2.31. The van der Waals surface area contributed by atoms with Gasteiger partial charge in [-0.15, -0.1) is 0 Å². The molecule has 0 radical (unpaired) electrons. The van der Waals surface area contributed by atoms with Gasteiger partial charge in [0, 0.05) is 17.5 Å². The Morgan fingerprint density at radius 2 is 1.92 bits per heavy atom.